The minimum atomic E-state index is -1.06. The van der Waals surface area contributed by atoms with E-state index in [9.17, 15) is 9.59 Å². The van der Waals surface area contributed by atoms with Gasteiger partial charge in [-0.2, -0.15) is 5.26 Å². The molecule has 10 heteroatoms. The van der Waals surface area contributed by atoms with Gasteiger partial charge < -0.3 is 24.5 Å². The Morgan fingerprint density at radius 3 is 2.91 bits per heavy atom. The molecular weight excluding hydrogens is 432 g/mol. The summed E-state index contributed by atoms with van der Waals surface area (Å²) in [4.78, 5) is 31.2. The molecule has 0 bridgehead atoms. The number of fused-ring (bicyclic) bond motifs is 1. The van der Waals surface area contributed by atoms with E-state index in [4.69, 9.17) is 27.0 Å². The first-order valence-corrected chi connectivity index (χ1v) is 10.7. The third kappa shape index (κ3) is 4.14. The van der Waals surface area contributed by atoms with Crippen LogP contribution in [0.5, 0.6) is 0 Å². The van der Waals surface area contributed by atoms with E-state index in [-0.39, 0.29) is 18.0 Å². The molecule has 2 N–H and O–H groups in total. The van der Waals surface area contributed by atoms with Crippen LogP contribution in [-0.2, 0) is 20.0 Å². The number of aromatic nitrogens is 3. The van der Waals surface area contributed by atoms with Crippen LogP contribution in [-0.4, -0.2) is 44.4 Å². The molecule has 4 rings (SSSR count). The van der Waals surface area contributed by atoms with Crippen molar-refractivity contribution in [1.82, 2.24) is 19.4 Å². The molecule has 166 valence electrons. The molecule has 1 aromatic carbocycles. The Balaban J connectivity index is 1.86. The van der Waals surface area contributed by atoms with Crippen molar-refractivity contribution in [2.45, 2.75) is 31.8 Å². The van der Waals surface area contributed by atoms with Gasteiger partial charge in [0.2, 0.25) is 5.95 Å². The minimum absolute atomic E-state index is 0.0999. The second kappa shape index (κ2) is 8.93. The first-order chi connectivity index (χ1) is 15.4. The Morgan fingerprint density at radius 1 is 1.41 bits per heavy atom. The summed E-state index contributed by atoms with van der Waals surface area (Å²) < 4.78 is 3.32. The number of nitrogens with one attached hydrogen (secondary N) is 1. The first kappa shape index (κ1) is 21.7. The van der Waals surface area contributed by atoms with E-state index in [1.165, 1.54) is 4.57 Å². The number of rotatable bonds is 5. The molecule has 0 unspecified atom stereocenters. The van der Waals surface area contributed by atoms with Crippen LogP contribution >= 0.6 is 11.6 Å². The molecular formula is C22H23ClN6O3. The zero-order valence-corrected chi connectivity index (χ0v) is 18.3. The van der Waals surface area contributed by atoms with Gasteiger partial charge in [-0.25, -0.2) is 9.78 Å². The molecule has 1 amide bonds. The lowest BCUT2D eigenvalue weighted by Crippen LogP contribution is -2.48. The number of benzene rings is 1. The van der Waals surface area contributed by atoms with Gasteiger partial charge in [-0.1, -0.05) is 29.8 Å². The number of carboxylic acid groups (broad SMARTS) is 1. The largest absolute Gasteiger partial charge is 0.465 e. The van der Waals surface area contributed by atoms with E-state index in [0.717, 1.165) is 18.4 Å². The molecule has 2 aromatic heterocycles. The summed E-state index contributed by atoms with van der Waals surface area (Å²) in [6, 6.07) is 11.1. The van der Waals surface area contributed by atoms with Crippen molar-refractivity contribution in [3.8, 4) is 6.07 Å². The number of piperidine rings is 1. The highest BCUT2D eigenvalue weighted by Gasteiger charge is 2.27. The molecule has 1 aliphatic rings. The van der Waals surface area contributed by atoms with Crippen molar-refractivity contribution in [2.75, 3.05) is 18.0 Å². The SMILES string of the molecule is Cn1c(CC#N)cc2nc(N3CCC[C@@H](NC(=O)O)C3)n(Cc3ccccc3Cl)c2c1=O. The highest BCUT2D eigenvalue weighted by molar-refractivity contribution is 6.31. The van der Waals surface area contributed by atoms with Crippen LogP contribution in [0.15, 0.2) is 35.1 Å². The van der Waals surface area contributed by atoms with E-state index in [1.807, 2.05) is 27.7 Å². The lowest BCUT2D eigenvalue weighted by Gasteiger charge is -2.33. The first-order valence-electron chi connectivity index (χ1n) is 10.3. The minimum Gasteiger partial charge on any atom is -0.465 e. The zero-order chi connectivity index (χ0) is 22.8. The highest BCUT2D eigenvalue weighted by atomic mass is 35.5. The Morgan fingerprint density at radius 2 is 2.19 bits per heavy atom. The molecule has 0 spiro atoms. The monoisotopic (exact) mass is 454 g/mol. The second-order valence-electron chi connectivity index (χ2n) is 7.89. The van der Waals surface area contributed by atoms with E-state index in [2.05, 4.69) is 11.4 Å². The molecule has 9 nitrogen and oxygen atoms in total. The number of halogens is 1. The van der Waals surface area contributed by atoms with Gasteiger partial charge in [0, 0.05) is 36.9 Å². The van der Waals surface area contributed by atoms with E-state index in [0.29, 0.717) is 47.3 Å². The zero-order valence-electron chi connectivity index (χ0n) is 17.6. The van der Waals surface area contributed by atoms with E-state index < -0.39 is 6.09 Å². The summed E-state index contributed by atoms with van der Waals surface area (Å²) in [6.07, 6.45) is 0.568. The summed E-state index contributed by atoms with van der Waals surface area (Å²) in [5, 5.41) is 21.4. The molecule has 0 aliphatic carbocycles. The van der Waals surface area contributed by atoms with Crippen LogP contribution < -0.4 is 15.8 Å². The number of pyridine rings is 1. The average molecular weight is 455 g/mol. The van der Waals surface area contributed by atoms with Crippen molar-refractivity contribution in [1.29, 1.82) is 5.26 Å². The molecule has 0 radical (unpaired) electrons. The molecule has 32 heavy (non-hydrogen) atoms. The number of nitrogens with zero attached hydrogens (tertiary/aromatic N) is 5. The van der Waals surface area contributed by atoms with Gasteiger partial charge in [0.25, 0.3) is 5.56 Å². The Labute approximate surface area is 189 Å². The van der Waals surface area contributed by atoms with Crippen LogP contribution in [0.25, 0.3) is 11.0 Å². The maximum atomic E-state index is 13.3. The fraction of sp³-hybridized carbons (Fsp3) is 0.364. The average Bonchev–Trinajstić information content (AvgIpc) is 3.11. The van der Waals surface area contributed by atoms with Crippen LogP contribution in [0.4, 0.5) is 10.7 Å². The highest BCUT2D eigenvalue weighted by Crippen LogP contribution is 2.27. The van der Waals surface area contributed by atoms with Crippen molar-refractivity contribution >= 4 is 34.7 Å². The number of hydrogen-bond donors (Lipinski definition) is 2. The van der Waals surface area contributed by atoms with Crippen LogP contribution in [0.1, 0.15) is 24.1 Å². The summed E-state index contributed by atoms with van der Waals surface area (Å²) in [6.45, 7) is 1.48. The third-order valence-electron chi connectivity index (χ3n) is 5.79. The Bertz CT molecular complexity index is 1280. The number of hydrogen-bond acceptors (Lipinski definition) is 5. The number of imidazole rings is 1. The van der Waals surface area contributed by atoms with Crippen molar-refractivity contribution in [3.63, 3.8) is 0 Å². The number of anilines is 1. The van der Waals surface area contributed by atoms with Crippen LogP contribution in [0.2, 0.25) is 5.02 Å². The molecule has 3 aromatic rings. The second-order valence-corrected chi connectivity index (χ2v) is 8.30. The summed E-state index contributed by atoms with van der Waals surface area (Å²) >= 11 is 6.41. The third-order valence-corrected chi connectivity index (χ3v) is 6.16. The predicted octanol–water partition coefficient (Wildman–Crippen LogP) is 2.74. The summed E-state index contributed by atoms with van der Waals surface area (Å²) in [5.74, 6) is 0.586. The number of amides is 1. The van der Waals surface area contributed by atoms with Crippen molar-refractivity contribution in [3.05, 3.63) is 57.0 Å². The summed E-state index contributed by atoms with van der Waals surface area (Å²) in [5.41, 5.74) is 2.13. The predicted molar refractivity (Wildman–Crippen MR) is 121 cm³/mol. The van der Waals surface area contributed by atoms with Gasteiger partial charge in [-0.15, -0.1) is 0 Å². The maximum Gasteiger partial charge on any atom is 0.404 e. The smallest absolute Gasteiger partial charge is 0.404 e. The van der Waals surface area contributed by atoms with Crippen molar-refractivity contribution in [2.24, 2.45) is 7.05 Å². The number of carbonyl (C=O) groups is 1. The van der Waals surface area contributed by atoms with Gasteiger partial charge in [0.1, 0.15) is 5.52 Å². The molecule has 3 heterocycles. The molecule has 1 fully saturated rings. The Kier molecular flexibility index (Phi) is 6.06. The van der Waals surface area contributed by atoms with Gasteiger partial charge in [-0.05, 0) is 30.5 Å². The van der Waals surface area contributed by atoms with Gasteiger partial charge in [-0.3, -0.25) is 4.79 Å². The van der Waals surface area contributed by atoms with E-state index in [1.54, 1.807) is 19.2 Å². The van der Waals surface area contributed by atoms with Gasteiger partial charge in [0.05, 0.1) is 24.6 Å². The molecule has 0 saturated carbocycles. The normalized spacial score (nSPS) is 16.2. The Hall–Kier alpha value is -3.51. The molecule has 1 aliphatic heterocycles. The summed E-state index contributed by atoms with van der Waals surface area (Å²) in [7, 11) is 1.65. The fourth-order valence-electron chi connectivity index (χ4n) is 4.22. The van der Waals surface area contributed by atoms with Crippen molar-refractivity contribution < 1.29 is 9.90 Å². The maximum absolute atomic E-state index is 13.3. The molecule has 1 saturated heterocycles. The van der Waals surface area contributed by atoms with Crippen LogP contribution in [0, 0.1) is 11.3 Å². The molecule has 1 atom stereocenters. The topological polar surface area (TPSA) is 116 Å². The van der Waals surface area contributed by atoms with E-state index >= 15 is 0 Å². The fourth-order valence-corrected chi connectivity index (χ4v) is 4.41. The lowest BCUT2D eigenvalue weighted by atomic mass is 10.1. The lowest BCUT2D eigenvalue weighted by molar-refractivity contribution is 0.188. The van der Waals surface area contributed by atoms with Gasteiger partial charge >= 0.3 is 6.09 Å². The van der Waals surface area contributed by atoms with Crippen LogP contribution in [0.3, 0.4) is 0 Å². The quantitative estimate of drug-likeness (QED) is 0.612. The van der Waals surface area contributed by atoms with Gasteiger partial charge in [0.15, 0.2) is 0 Å². The number of nitriles is 1. The standard InChI is InChI=1S/C22H23ClN6O3/c1-27-16(8-9-24)11-18-19(20(27)30)29(12-14-5-2-3-7-17(14)23)21(26-18)28-10-4-6-15(13-28)25-22(31)32/h2-3,5,7,11,15,25H,4,6,8,10,12-13H2,1H3,(H,31,32)/t15-/m1/s1.